The van der Waals surface area contributed by atoms with Crippen molar-refractivity contribution in [1.29, 1.82) is 0 Å². The van der Waals surface area contributed by atoms with Crippen LogP contribution in [0.3, 0.4) is 0 Å². The third kappa shape index (κ3) is 5.83. The van der Waals surface area contributed by atoms with E-state index in [0.717, 1.165) is 12.1 Å². The van der Waals surface area contributed by atoms with Crippen LogP contribution in [0.25, 0.3) is 0 Å². The standard InChI is InChI=1S/C23H18FN3O4/c1-15(26-27-22(29)21(28)25-18-13-11-17(24)12-14-18)19-9-5-6-10-20(19)31-23(30)16-7-3-2-4-8-16/h2-14H,1H3,(H,25,28)(H,27,29)/b26-15+. The molecule has 0 fully saturated rings. The van der Waals surface area contributed by atoms with Crippen molar-refractivity contribution in [2.45, 2.75) is 6.92 Å². The zero-order valence-corrected chi connectivity index (χ0v) is 16.5. The van der Waals surface area contributed by atoms with Crippen LogP contribution in [-0.4, -0.2) is 23.5 Å². The highest BCUT2D eigenvalue weighted by molar-refractivity contribution is 6.39. The van der Waals surface area contributed by atoms with Gasteiger partial charge in [0.2, 0.25) is 0 Å². The molecular formula is C23H18FN3O4. The fourth-order valence-corrected chi connectivity index (χ4v) is 2.55. The molecule has 8 heteroatoms. The number of nitrogens with zero attached hydrogens (tertiary/aromatic N) is 1. The number of esters is 1. The molecule has 156 valence electrons. The number of rotatable bonds is 5. The van der Waals surface area contributed by atoms with Crippen molar-refractivity contribution in [3.63, 3.8) is 0 Å². The van der Waals surface area contributed by atoms with Crippen molar-refractivity contribution < 1.29 is 23.5 Å². The Morgan fingerprint density at radius 2 is 1.48 bits per heavy atom. The van der Waals surface area contributed by atoms with Crippen LogP contribution in [-0.2, 0) is 9.59 Å². The van der Waals surface area contributed by atoms with Gasteiger partial charge in [-0.25, -0.2) is 14.6 Å². The minimum absolute atomic E-state index is 0.252. The Kier molecular flexibility index (Phi) is 6.85. The van der Waals surface area contributed by atoms with E-state index in [1.807, 2.05) is 0 Å². The van der Waals surface area contributed by atoms with Gasteiger partial charge in [0.1, 0.15) is 11.6 Å². The second-order valence-electron chi connectivity index (χ2n) is 6.35. The Bertz CT molecular complexity index is 1130. The Hall–Kier alpha value is -4.33. The zero-order chi connectivity index (χ0) is 22.2. The molecule has 0 saturated carbocycles. The molecule has 0 unspecified atom stereocenters. The van der Waals surface area contributed by atoms with Gasteiger partial charge in [0, 0.05) is 11.3 Å². The summed E-state index contributed by atoms with van der Waals surface area (Å²) in [6.45, 7) is 1.59. The Balaban J connectivity index is 1.67. The largest absolute Gasteiger partial charge is 0.422 e. The predicted octanol–water partition coefficient (Wildman–Crippen LogP) is 3.52. The van der Waals surface area contributed by atoms with Crippen LogP contribution in [0.2, 0.25) is 0 Å². The average Bonchev–Trinajstić information content (AvgIpc) is 2.79. The van der Waals surface area contributed by atoms with Crippen molar-refractivity contribution in [2.24, 2.45) is 5.10 Å². The summed E-state index contributed by atoms with van der Waals surface area (Å²) < 4.78 is 18.4. The van der Waals surface area contributed by atoms with Gasteiger partial charge in [-0.1, -0.05) is 30.3 Å². The molecule has 0 radical (unpaired) electrons. The van der Waals surface area contributed by atoms with Crippen LogP contribution >= 0.6 is 0 Å². The van der Waals surface area contributed by atoms with Gasteiger partial charge in [-0.15, -0.1) is 0 Å². The van der Waals surface area contributed by atoms with E-state index < -0.39 is 23.6 Å². The second kappa shape index (κ2) is 9.93. The quantitative estimate of drug-likeness (QED) is 0.217. The first-order valence-electron chi connectivity index (χ1n) is 9.22. The van der Waals surface area contributed by atoms with Crippen molar-refractivity contribution in [2.75, 3.05) is 5.32 Å². The molecular weight excluding hydrogens is 401 g/mol. The molecule has 31 heavy (non-hydrogen) atoms. The van der Waals surface area contributed by atoms with Gasteiger partial charge in [-0.05, 0) is 55.5 Å². The lowest BCUT2D eigenvalue weighted by atomic mass is 10.1. The van der Waals surface area contributed by atoms with Gasteiger partial charge in [0.25, 0.3) is 0 Å². The third-order valence-electron chi connectivity index (χ3n) is 4.12. The monoisotopic (exact) mass is 419 g/mol. The molecule has 0 aromatic heterocycles. The van der Waals surface area contributed by atoms with Crippen LogP contribution in [0.15, 0.2) is 84.0 Å². The van der Waals surface area contributed by atoms with Crippen LogP contribution in [0.4, 0.5) is 10.1 Å². The van der Waals surface area contributed by atoms with Gasteiger partial charge >= 0.3 is 17.8 Å². The van der Waals surface area contributed by atoms with Crippen molar-refractivity contribution >= 4 is 29.2 Å². The number of anilines is 1. The van der Waals surface area contributed by atoms with E-state index in [1.54, 1.807) is 61.5 Å². The third-order valence-corrected chi connectivity index (χ3v) is 4.12. The number of para-hydroxylation sites is 1. The molecule has 3 aromatic rings. The number of carbonyl (C=O) groups is 3. The van der Waals surface area contributed by atoms with Gasteiger partial charge < -0.3 is 10.1 Å². The minimum atomic E-state index is -1.01. The number of amides is 2. The minimum Gasteiger partial charge on any atom is -0.422 e. The molecule has 7 nitrogen and oxygen atoms in total. The maximum Gasteiger partial charge on any atom is 0.343 e. The number of hydrazone groups is 1. The highest BCUT2D eigenvalue weighted by Gasteiger charge is 2.15. The van der Waals surface area contributed by atoms with Gasteiger partial charge in [0.05, 0.1) is 11.3 Å². The van der Waals surface area contributed by atoms with Gasteiger partial charge in [-0.3, -0.25) is 9.59 Å². The first kappa shape index (κ1) is 21.4. The van der Waals surface area contributed by atoms with Crippen LogP contribution in [0, 0.1) is 5.82 Å². The maximum atomic E-state index is 12.9. The van der Waals surface area contributed by atoms with E-state index in [9.17, 15) is 18.8 Å². The lowest BCUT2D eigenvalue weighted by Crippen LogP contribution is -2.33. The van der Waals surface area contributed by atoms with E-state index in [-0.39, 0.29) is 11.4 Å². The lowest BCUT2D eigenvalue weighted by molar-refractivity contribution is -0.136. The molecule has 0 saturated heterocycles. The van der Waals surface area contributed by atoms with Crippen LogP contribution < -0.4 is 15.5 Å². The number of nitrogens with one attached hydrogen (secondary N) is 2. The fraction of sp³-hybridized carbons (Fsp3) is 0.0435. The normalized spacial score (nSPS) is 10.8. The lowest BCUT2D eigenvalue weighted by Gasteiger charge is -2.10. The summed E-state index contributed by atoms with van der Waals surface area (Å²) in [6, 6.07) is 20.1. The molecule has 3 aromatic carbocycles. The summed E-state index contributed by atoms with van der Waals surface area (Å²) in [4.78, 5) is 36.3. The predicted molar refractivity (Wildman–Crippen MR) is 113 cm³/mol. The van der Waals surface area contributed by atoms with Crippen LogP contribution in [0.1, 0.15) is 22.8 Å². The van der Waals surface area contributed by atoms with Gasteiger partial charge in [-0.2, -0.15) is 5.10 Å². The van der Waals surface area contributed by atoms with E-state index in [1.165, 1.54) is 12.1 Å². The van der Waals surface area contributed by atoms with Crippen molar-refractivity contribution in [3.8, 4) is 5.75 Å². The highest BCUT2D eigenvalue weighted by Crippen LogP contribution is 2.20. The second-order valence-corrected chi connectivity index (χ2v) is 6.35. The Labute approximate surface area is 177 Å². The topological polar surface area (TPSA) is 96.9 Å². The molecule has 0 aliphatic heterocycles. The SMILES string of the molecule is C/C(=N\NC(=O)C(=O)Nc1ccc(F)cc1)c1ccccc1OC(=O)c1ccccc1. The molecule has 0 aliphatic carbocycles. The summed E-state index contributed by atoms with van der Waals surface area (Å²) in [5, 5.41) is 6.25. The molecule has 0 heterocycles. The highest BCUT2D eigenvalue weighted by atomic mass is 19.1. The van der Waals surface area contributed by atoms with Crippen molar-refractivity contribution in [3.05, 3.63) is 95.8 Å². The van der Waals surface area contributed by atoms with E-state index >= 15 is 0 Å². The van der Waals surface area contributed by atoms with Gasteiger partial charge in [0.15, 0.2) is 0 Å². The Morgan fingerprint density at radius 3 is 2.19 bits per heavy atom. The number of hydrogen-bond acceptors (Lipinski definition) is 5. The Morgan fingerprint density at radius 1 is 0.839 bits per heavy atom. The molecule has 2 amide bonds. The summed E-state index contributed by atoms with van der Waals surface area (Å²) >= 11 is 0. The molecule has 0 aliphatic rings. The molecule has 3 rings (SSSR count). The summed E-state index contributed by atoms with van der Waals surface area (Å²) in [6.07, 6.45) is 0. The number of carbonyl (C=O) groups excluding carboxylic acids is 3. The fourth-order valence-electron chi connectivity index (χ4n) is 2.55. The van der Waals surface area contributed by atoms with Crippen LogP contribution in [0.5, 0.6) is 5.75 Å². The summed E-state index contributed by atoms with van der Waals surface area (Å²) in [7, 11) is 0. The number of hydrogen-bond donors (Lipinski definition) is 2. The smallest absolute Gasteiger partial charge is 0.343 e. The van der Waals surface area contributed by atoms with Crippen molar-refractivity contribution in [1.82, 2.24) is 5.43 Å². The maximum absolute atomic E-state index is 12.9. The molecule has 0 spiro atoms. The number of ether oxygens (including phenoxy) is 1. The zero-order valence-electron chi connectivity index (χ0n) is 16.5. The van der Waals surface area contributed by atoms with E-state index in [4.69, 9.17) is 4.74 Å². The molecule has 0 bridgehead atoms. The van der Waals surface area contributed by atoms with E-state index in [0.29, 0.717) is 16.8 Å². The summed E-state index contributed by atoms with van der Waals surface area (Å²) in [5.74, 6) is -2.73. The average molecular weight is 419 g/mol. The first-order chi connectivity index (χ1) is 14.9. The number of benzene rings is 3. The first-order valence-corrected chi connectivity index (χ1v) is 9.22. The molecule has 2 N–H and O–H groups in total. The number of halogens is 1. The van der Waals surface area contributed by atoms with E-state index in [2.05, 4.69) is 15.8 Å². The summed E-state index contributed by atoms with van der Waals surface area (Å²) in [5.41, 5.74) is 3.58. The molecule has 0 atom stereocenters.